The summed E-state index contributed by atoms with van der Waals surface area (Å²) in [4.78, 5) is 22.2. The molecule has 124 valence electrons. The molecule has 0 spiro atoms. The summed E-state index contributed by atoms with van der Waals surface area (Å²) in [5.41, 5.74) is 2.24. The van der Waals surface area contributed by atoms with Crippen molar-refractivity contribution in [1.82, 2.24) is 19.9 Å². The third-order valence-corrected chi connectivity index (χ3v) is 5.41. The van der Waals surface area contributed by atoms with Crippen LogP contribution in [0.2, 0.25) is 0 Å². The van der Waals surface area contributed by atoms with E-state index in [1.807, 2.05) is 6.92 Å². The van der Waals surface area contributed by atoms with E-state index in [9.17, 15) is 9.90 Å². The topological polar surface area (TPSA) is 80.0 Å². The Balaban J connectivity index is 1.67. The number of carbonyl (C=O) groups is 1. The van der Waals surface area contributed by atoms with Crippen LogP contribution in [0, 0.1) is 6.92 Å². The molecule has 23 heavy (non-hydrogen) atoms. The minimum atomic E-state index is -0.0883. The van der Waals surface area contributed by atoms with Gasteiger partial charge in [0.05, 0.1) is 12.3 Å². The number of nitrogens with zero attached hydrogens (tertiary/aromatic N) is 3. The van der Waals surface area contributed by atoms with Gasteiger partial charge in [0, 0.05) is 35.8 Å². The van der Waals surface area contributed by atoms with Crippen LogP contribution in [0.5, 0.6) is 0 Å². The summed E-state index contributed by atoms with van der Waals surface area (Å²) in [7, 11) is 0. The van der Waals surface area contributed by atoms with Gasteiger partial charge in [-0.25, -0.2) is 9.97 Å². The Morgan fingerprint density at radius 1 is 1.57 bits per heavy atom. The molecule has 1 unspecified atom stereocenters. The fourth-order valence-electron chi connectivity index (χ4n) is 3.10. The van der Waals surface area contributed by atoms with Gasteiger partial charge in [-0.15, -0.1) is 11.3 Å². The van der Waals surface area contributed by atoms with Crippen molar-refractivity contribution in [2.45, 2.75) is 52.1 Å². The number of nitrogens with one attached hydrogen (secondary N) is 1. The van der Waals surface area contributed by atoms with Crippen molar-refractivity contribution in [3.05, 3.63) is 33.3 Å². The normalized spacial score (nSPS) is 17.1. The molecule has 0 bridgehead atoms. The number of aliphatic hydroxyl groups excluding tert-OH is 1. The Bertz CT molecular complexity index is 707. The second-order valence-electron chi connectivity index (χ2n) is 5.83. The summed E-state index contributed by atoms with van der Waals surface area (Å²) in [6.45, 7) is 4.73. The lowest BCUT2D eigenvalue weighted by Gasteiger charge is -2.23. The summed E-state index contributed by atoms with van der Waals surface area (Å²) in [5, 5.41) is 12.8. The van der Waals surface area contributed by atoms with Crippen LogP contribution in [0.15, 0.2) is 6.20 Å². The van der Waals surface area contributed by atoms with Gasteiger partial charge < -0.3 is 15.0 Å². The summed E-state index contributed by atoms with van der Waals surface area (Å²) in [5.74, 6) is 0.846. The van der Waals surface area contributed by atoms with Crippen molar-refractivity contribution in [3.8, 4) is 0 Å². The standard InChI is InChI=1S/C16H22N4O2S/c1-3-12-9-17-16(23-12)15(22)19-11-4-5-14-13(8-11)18-10(2)20(14)6-7-21/h9,11,21H,3-8H2,1-2H3,(H,19,22). The molecule has 0 aromatic carbocycles. The molecule has 0 radical (unpaired) electrons. The largest absolute Gasteiger partial charge is 0.395 e. The molecule has 2 N–H and O–H groups in total. The van der Waals surface area contributed by atoms with Crippen LogP contribution in [0.3, 0.4) is 0 Å². The molecule has 0 saturated heterocycles. The van der Waals surface area contributed by atoms with E-state index < -0.39 is 0 Å². The number of fused-ring (bicyclic) bond motifs is 1. The first-order valence-corrected chi connectivity index (χ1v) is 8.85. The zero-order valence-corrected chi connectivity index (χ0v) is 14.3. The number of amides is 1. The molecule has 1 atom stereocenters. The molecule has 7 heteroatoms. The first kappa shape index (κ1) is 16.1. The molecule has 0 saturated carbocycles. The molecule has 3 rings (SSSR count). The highest BCUT2D eigenvalue weighted by molar-refractivity contribution is 7.13. The van der Waals surface area contributed by atoms with E-state index in [0.717, 1.165) is 42.1 Å². The highest BCUT2D eigenvalue weighted by Gasteiger charge is 2.26. The summed E-state index contributed by atoms with van der Waals surface area (Å²) >= 11 is 1.46. The number of hydrogen-bond donors (Lipinski definition) is 2. The second kappa shape index (κ2) is 6.80. The number of aliphatic hydroxyl groups is 1. The number of imidazole rings is 1. The van der Waals surface area contributed by atoms with Crippen molar-refractivity contribution >= 4 is 17.2 Å². The maximum absolute atomic E-state index is 12.3. The van der Waals surface area contributed by atoms with E-state index in [0.29, 0.717) is 11.6 Å². The zero-order chi connectivity index (χ0) is 16.4. The number of hydrogen-bond acceptors (Lipinski definition) is 5. The van der Waals surface area contributed by atoms with Gasteiger partial charge in [-0.05, 0) is 26.2 Å². The summed E-state index contributed by atoms with van der Waals surface area (Å²) in [6.07, 6.45) is 5.19. The zero-order valence-electron chi connectivity index (χ0n) is 13.5. The SMILES string of the molecule is CCc1cnc(C(=O)NC2CCc3c(nc(C)n3CCO)C2)s1. The summed E-state index contributed by atoms with van der Waals surface area (Å²) in [6, 6.07) is 0.0980. The molecule has 2 heterocycles. The van der Waals surface area contributed by atoms with Crippen LogP contribution in [0.25, 0.3) is 0 Å². The molecule has 2 aromatic rings. The van der Waals surface area contributed by atoms with Gasteiger partial charge >= 0.3 is 0 Å². The lowest BCUT2D eigenvalue weighted by atomic mass is 9.96. The predicted molar refractivity (Wildman–Crippen MR) is 88.8 cm³/mol. The Morgan fingerprint density at radius 2 is 2.39 bits per heavy atom. The molecule has 1 aliphatic carbocycles. The van der Waals surface area contributed by atoms with Crippen molar-refractivity contribution in [2.75, 3.05) is 6.61 Å². The van der Waals surface area contributed by atoms with E-state index >= 15 is 0 Å². The van der Waals surface area contributed by atoms with Crippen LogP contribution < -0.4 is 5.32 Å². The summed E-state index contributed by atoms with van der Waals surface area (Å²) < 4.78 is 2.09. The van der Waals surface area contributed by atoms with Crippen LogP contribution in [0.4, 0.5) is 0 Å². The van der Waals surface area contributed by atoms with Gasteiger partial charge in [0.2, 0.25) is 0 Å². The maximum atomic E-state index is 12.3. The second-order valence-corrected chi connectivity index (χ2v) is 6.94. The van der Waals surface area contributed by atoms with Crippen LogP contribution in [-0.2, 0) is 25.8 Å². The predicted octanol–water partition coefficient (Wildman–Crippen LogP) is 1.49. The minimum Gasteiger partial charge on any atom is -0.395 e. The van der Waals surface area contributed by atoms with E-state index in [1.54, 1.807) is 6.20 Å². The van der Waals surface area contributed by atoms with Crippen LogP contribution in [-0.4, -0.2) is 38.2 Å². The van der Waals surface area contributed by atoms with Gasteiger partial charge in [0.1, 0.15) is 5.82 Å². The molecule has 0 aliphatic heterocycles. The fraction of sp³-hybridized carbons (Fsp3) is 0.562. The average molecular weight is 334 g/mol. The quantitative estimate of drug-likeness (QED) is 0.868. The molecule has 1 amide bonds. The van der Waals surface area contributed by atoms with Crippen molar-refractivity contribution in [3.63, 3.8) is 0 Å². The Kier molecular flexibility index (Phi) is 4.77. The van der Waals surface area contributed by atoms with Crippen molar-refractivity contribution in [2.24, 2.45) is 0 Å². The average Bonchev–Trinajstić information content (AvgIpc) is 3.13. The highest BCUT2D eigenvalue weighted by Crippen LogP contribution is 2.23. The monoisotopic (exact) mass is 334 g/mol. The molecule has 2 aromatic heterocycles. The third-order valence-electron chi connectivity index (χ3n) is 4.27. The fourth-order valence-corrected chi connectivity index (χ4v) is 3.86. The number of carbonyl (C=O) groups excluding carboxylic acids is 1. The van der Waals surface area contributed by atoms with Gasteiger partial charge in [-0.1, -0.05) is 6.92 Å². The Hall–Kier alpha value is -1.73. The first-order valence-electron chi connectivity index (χ1n) is 8.03. The third kappa shape index (κ3) is 3.30. The van der Waals surface area contributed by atoms with E-state index in [4.69, 9.17) is 0 Å². The van der Waals surface area contributed by atoms with Crippen LogP contribution >= 0.6 is 11.3 Å². The van der Waals surface area contributed by atoms with Crippen molar-refractivity contribution < 1.29 is 9.90 Å². The molecule has 1 aliphatic rings. The van der Waals surface area contributed by atoms with Gasteiger partial charge in [-0.2, -0.15) is 0 Å². The van der Waals surface area contributed by atoms with E-state index in [2.05, 4.69) is 26.8 Å². The maximum Gasteiger partial charge on any atom is 0.280 e. The van der Waals surface area contributed by atoms with Crippen LogP contribution in [0.1, 0.15) is 45.2 Å². The lowest BCUT2D eigenvalue weighted by Crippen LogP contribution is -2.39. The number of thiazole rings is 1. The number of aromatic nitrogens is 3. The van der Waals surface area contributed by atoms with Gasteiger partial charge in [0.25, 0.3) is 5.91 Å². The first-order chi connectivity index (χ1) is 11.1. The Morgan fingerprint density at radius 3 is 3.09 bits per heavy atom. The molecular formula is C16H22N4O2S. The number of rotatable bonds is 5. The van der Waals surface area contributed by atoms with Gasteiger partial charge in [-0.3, -0.25) is 4.79 Å². The number of aryl methyl sites for hydroxylation is 2. The van der Waals surface area contributed by atoms with E-state index in [1.165, 1.54) is 17.0 Å². The molecule has 0 fully saturated rings. The molecular weight excluding hydrogens is 312 g/mol. The smallest absolute Gasteiger partial charge is 0.280 e. The lowest BCUT2D eigenvalue weighted by molar-refractivity contribution is 0.0933. The van der Waals surface area contributed by atoms with Crippen molar-refractivity contribution in [1.29, 1.82) is 0 Å². The van der Waals surface area contributed by atoms with E-state index in [-0.39, 0.29) is 18.6 Å². The Labute approximate surface area is 139 Å². The minimum absolute atomic E-state index is 0.0883. The van der Waals surface area contributed by atoms with Gasteiger partial charge in [0.15, 0.2) is 5.01 Å². The highest BCUT2D eigenvalue weighted by atomic mass is 32.1. The molecule has 6 nitrogen and oxygen atoms in total.